The van der Waals surface area contributed by atoms with Crippen molar-refractivity contribution in [2.24, 2.45) is 11.7 Å². The molecule has 1 aromatic rings. The van der Waals surface area contributed by atoms with Gasteiger partial charge in [-0.2, -0.15) is 0 Å². The summed E-state index contributed by atoms with van der Waals surface area (Å²) in [5.74, 6) is 1.51. The molecule has 2 atom stereocenters. The summed E-state index contributed by atoms with van der Waals surface area (Å²) in [5, 5.41) is 9.72. The number of ether oxygens (including phenoxy) is 1. The molecule has 1 aromatic carbocycles. The number of hydrogen-bond acceptors (Lipinski definition) is 3. The van der Waals surface area contributed by atoms with Gasteiger partial charge in [0.1, 0.15) is 0 Å². The first-order chi connectivity index (χ1) is 7.28. The Morgan fingerprint density at radius 3 is 3.13 bits per heavy atom. The minimum Gasteiger partial charge on any atom is -0.504 e. The second-order valence-electron chi connectivity index (χ2n) is 4.55. The van der Waals surface area contributed by atoms with Crippen molar-refractivity contribution in [3.05, 3.63) is 23.8 Å². The highest BCUT2D eigenvalue weighted by atomic mass is 16.5. The van der Waals surface area contributed by atoms with E-state index in [2.05, 4.69) is 6.07 Å². The van der Waals surface area contributed by atoms with E-state index in [0.717, 1.165) is 24.9 Å². The smallest absolute Gasteiger partial charge is 0.164 e. The Labute approximate surface area is 88.9 Å². The molecule has 2 unspecified atom stereocenters. The van der Waals surface area contributed by atoms with E-state index in [0.29, 0.717) is 18.3 Å². The SMILES string of the molecule is NCC1CC12CCOc1c(O)cccc12. The molecule has 0 bridgehead atoms. The fourth-order valence-electron chi connectivity index (χ4n) is 2.86. The molecule has 0 aromatic heterocycles. The third kappa shape index (κ3) is 1.10. The number of hydrogen-bond donors (Lipinski definition) is 2. The van der Waals surface area contributed by atoms with Gasteiger partial charge >= 0.3 is 0 Å². The highest BCUT2D eigenvalue weighted by Crippen LogP contribution is 2.61. The van der Waals surface area contributed by atoms with Gasteiger partial charge in [-0.3, -0.25) is 0 Å². The number of phenols is 1. The zero-order chi connectivity index (χ0) is 10.5. The number of rotatable bonds is 1. The van der Waals surface area contributed by atoms with Gasteiger partial charge in [0, 0.05) is 11.0 Å². The van der Waals surface area contributed by atoms with E-state index < -0.39 is 0 Å². The lowest BCUT2D eigenvalue weighted by Gasteiger charge is -2.27. The zero-order valence-electron chi connectivity index (χ0n) is 8.57. The van der Waals surface area contributed by atoms with Crippen LogP contribution in [0.1, 0.15) is 18.4 Å². The average Bonchev–Trinajstić information content (AvgIpc) is 2.95. The van der Waals surface area contributed by atoms with Crippen LogP contribution in [0.25, 0.3) is 0 Å². The molecule has 2 aliphatic rings. The number of fused-ring (bicyclic) bond motifs is 2. The van der Waals surface area contributed by atoms with Crippen LogP contribution in [0, 0.1) is 5.92 Å². The van der Waals surface area contributed by atoms with Crippen LogP contribution in [-0.2, 0) is 5.41 Å². The van der Waals surface area contributed by atoms with Crippen LogP contribution < -0.4 is 10.5 Å². The van der Waals surface area contributed by atoms with E-state index in [1.165, 1.54) is 0 Å². The molecule has 0 saturated heterocycles. The summed E-state index contributed by atoms with van der Waals surface area (Å²) in [6.45, 7) is 1.43. The van der Waals surface area contributed by atoms with Crippen LogP contribution in [-0.4, -0.2) is 18.3 Å². The second kappa shape index (κ2) is 2.89. The number of nitrogens with two attached hydrogens (primary N) is 1. The summed E-state index contributed by atoms with van der Waals surface area (Å²) in [6, 6.07) is 5.62. The quantitative estimate of drug-likeness (QED) is 0.728. The number of aromatic hydroxyl groups is 1. The van der Waals surface area contributed by atoms with Crippen LogP contribution >= 0.6 is 0 Å². The number of benzene rings is 1. The van der Waals surface area contributed by atoms with Crippen molar-refractivity contribution in [3.8, 4) is 11.5 Å². The Hall–Kier alpha value is -1.22. The van der Waals surface area contributed by atoms with Gasteiger partial charge in [0.2, 0.25) is 0 Å². The highest BCUT2D eigenvalue weighted by molar-refractivity contribution is 5.53. The third-order valence-corrected chi connectivity index (χ3v) is 3.84. The lowest BCUT2D eigenvalue weighted by molar-refractivity contribution is 0.242. The van der Waals surface area contributed by atoms with Crippen molar-refractivity contribution in [1.82, 2.24) is 0 Å². The van der Waals surface area contributed by atoms with E-state index >= 15 is 0 Å². The molecule has 3 heteroatoms. The van der Waals surface area contributed by atoms with Crippen LogP contribution in [0.3, 0.4) is 0 Å². The van der Waals surface area contributed by atoms with Crippen LogP contribution in [0.4, 0.5) is 0 Å². The van der Waals surface area contributed by atoms with Crippen molar-refractivity contribution in [1.29, 1.82) is 0 Å². The Balaban J connectivity index is 2.09. The van der Waals surface area contributed by atoms with Crippen molar-refractivity contribution >= 4 is 0 Å². The molecule has 1 fully saturated rings. The molecule has 3 N–H and O–H groups in total. The molecule has 3 rings (SSSR count). The fraction of sp³-hybridized carbons (Fsp3) is 0.500. The first kappa shape index (κ1) is 9.04. The largest absolute Gasteiger partial charge is 0.504 e. The first-order valence-electron chi connectivity index (χ1n) is 5.43. The van der Waals surface area contributed by atoms with Gasteiger partial charge in [-0.1, -0.05) is 12.1 Å². The number of phenolic OH excluding ortho intramolecular Hbond substituents is 1. The Kier molecular flexibility index (Phi) is 1.74. The number of para-hydroxylation sites is 1. The first-order valence-corrected chi connectivity index (χ1v) is 5.43. The van der Waals surface area contributed by atoms with Crippen molar-refractivity contribution in [3.63, 3.8) is 0 Å². The Morgan fingerprint density at radius 1 is 1.53 bits per heavy atom. The maximum absolute atomic E-state index is 9.72. The summed E-state index contributed by atoms with van der Waals surface area (Å²) < 4.78 is 5.53. The summed E-state index contributed by atoms with van der Waals surface area (Å²) in [6.07, 6.45) is 2.18. The van der Waals surface area contributed by atoms with Gasteiger partial charge in [0.05, 0.1) is 6.61 Å². The molecular formula is C12H15NO2. The van der Waals surface area contributed by atoms with Crippen molar-refractivity contribution in [2.75, 3.05) is 13.2 Å². The maximum atomic E-state index is 9.72. The average molecular weight is 205 g/mol. The molecule has 1 spiro atoms. The monoisotopic (exact) mass is 205 g/mol. The maximum Gasteiger partial charge on any atom is 0.164 e. The molecule has 15 heavy (non-hydrogen) atoms. The van der Waals surface area contributed by atoms with Gasteiger partial charge in [0.25, 0.3) is 0 Å². The predicted molar refractivity (Wildman–Crippen MR) is 57.1 cm³/mol. The van der Waals surface area contributed by atoms with E-state index in [1.54, 1.807) is 6.07 Å². The Bertz CT molecular complexity index is 405. The normalized spacial score (nSPS) is 32.2. The molecule has 80 valence electrons. The van der Waals surface area contributed by atoms with E-state index in [9.17, 15) is 5.11 Å². The van der Waals surface area contributed by atoms with E-state index in [-0.39, 0.29) is 11.2 Å². The fourth-order valence-corrected chi connectivity index (χ4v) is 2.86. The van der Waals surface area contributed by atoms with Gasteiger partial charge < -0.3 is 15.6 Å². The molecule has 0 radical (unpaired) electrons. The molecular weight excluding hydrogens is 190 g/mol. The molecule has 1 aliphatic carbocycles. The van der Waals surface area contributed by atoms with Crippen LogP contribution in [0.15, 0.2) is 18.2 Å². The predicted octanol–water partition coefficient (Wildman–Crippen LogP) is 1.39. The van der Waals surface area contributed by atoms with Crippen LogP contribution in [0.2, 0.25) is 0 Å². The van der Waals surface area contributed by atoms with Crippen molar-refractivity contribution < 1.29 is 9.84 Å². The van der Waals surface area contributed by atoms with Gasteiger partial charge in [-0.25, -0.2) is 0 Å². The molecule has 1 saturated carbocycles. The minimum absolute atomic E-state index is 0.209. The zero-order valence-corrected chi connectivity index (χ0v) is 8.57. The molecule has 0 amide bonds. The molecule has 3 nitrogen and oxygen atoms in total. The van der Waals surface area contributed by atoms with Gasteiger partial charge in [-0.05, 0) is 31.4 Å². The summed E-state index contributed by atoms with van der Waals surface area (Å²) in [5.41, 5.74) is 7.10. The third-order valence-electron chi connectivity index (χ3n) is 3.84. The topological polar surface area (TPSA) is 55.5 Å². The standard InChI is InChI=1S/C12H15NO2/c13-7-8-6-12(8)4-5-15-11-9(12)2-1-3-10(11)14/h1-3,8,14H,4-7,13H2. The van der Waals surface area contributed by atoms with Gasteiger partial charge in [0.15, 0.2) is 11.5 Å². The molecule has 1 aliphatic heterocycles. The van der Waals surface area contributed by atoms with Crippen molar-refractivity contribution in [2.45, 2.75) is 18.3 Å². The lowest BCUT2D eigenvalue weighted by atomic mass is 9.87. The summed E-state index contributed by atoms with van der Waals surface area (Å²) >= 11 is 0. The van der Waals surface area contributed by atoms with E-state index in [1.807, 2.05) is 6.07 Å². The van der Waals surface area contributed by atoms with E-state index in [4.69, 9.17) is 10.5 Å². The highest BCUT2D eigenvalue weighted by Gasteiger charge is 2.56. The molecule has 1 heterocycles. The lowest BCUT2D eigenvalue weighted by Crippen LogP contribution is -2.24. The minimum atomic E-state index is 0.209. The summed E-state index contributed by atoms with van der Waals surface area (Å²) in [4.78, 5) is 0. The van der Waals surface area contributed by atoms with Crippen LogP contribution in [0.5, 0.6) is 11.5 Å². The second-order valence-corrected chi connectivity index (χ2v) is 4.55. The van der Waals surface area contributed by atoms with Gasteiger partial charge in [-0.15, -0.1) is 0 Å². The summed E-state index contributed by atoms with van der Waals surface area (Å²) in [7, 11) is 0. The Morgan fingerprint density at radius 2 is 2.40 bits per heavy atom.